The van der Waals surface area contributed by atoms with Crippen LogP contribution in [0.15, 0.2) is 95.7 Å². The maximum Gasteiger partial charge on any atom is 0.0449 e. The smallest absolute Gasteiger partial charge is 0.0449 e. The molecule has 0 radical (unpaired) electrons. The Balaban J connectivity index is 1.36. The van der Waals surface area contributed by atoms with E-state index in [1.807, 2.05) is 12.1 Å². The van der Waals surface area contributed by atoms with Crippen molar-refractivity contribution in [1.82, 2.24) is 0 Å². The van der Waals surface area contributed by atoms with Crippen molar-refractivity contribution in [1.29, 1.82) is 0 Å². The highest BCUT2D eigenvalue weighted by atomic mass is 32.1. The van der Waals surface area contributed by atoms with E-state index in [1.54, 1.807) is 45.3 Å². The first kappa shape index (κ1) is 28.0. The van der Waals surface area contributed by atoms with Crippen LogP contribution < -0.4 is 10.2 Å². The summed E-state index contributed by atoms with van der Waals surface area (Å²) in [4.78, 5) is 30.7. The summed E-state index contributed by atoms with van der Waals surface area (Å²) in [6.07, 6.45) is 0.128. The van der Waals surface area contributed by atoms with Gasteiger partial charge in [0.05, 0.1) is 0 Å². The number of rotatable bonds is 10. The summed E-state index contributed by atoms with van der Waals surface area (Å²) in [6, 6.07) is 29.5. The number of aliphatic carboxylic acids is 2. The van der Waals surface area contributed by atoms with Gasteiger partial charge in [0.2, 0.25) is 0 Å². The number of carbonyl (C=O) groups excluding carboxylic acids is 2. The molecule has 6 aromatic rings. The average Bonchev–Trinajstić information content (AvgIpc) is 3.84. The molecule has 0 unspecified atom stereocenters. The van der Waals surface area contributed by atoms with E-state index in [4.69, 9.17) is 0 Å². The molecule has 0 atom stereocenters. The summed E-state index contributed by atoms with van der Waals surface area (Å²) in [7, 11) is 0. The molecule has 0 saturated carbocycles. The fourth-order valence-corrected chi connectivity index (χ4v) is 9.86. The van der Waals surface area contributed by atoms with Crippen molar-refractivity contribution >= 4 is 57.3 Å². The Hall–Kier alpha value is -3.82. The third-order valence-corrected chi connectivity index (χ3v) is 12.6. The largest absolute Gasteiger partial charge is 0.550 e. The first-order chi connectivity index (χ1) is 20.9. The fraction of sp³-hybridized carbons (Fsp3) is 0.143. The Morgan fingerprint density at radius 3 is 1.40 bits per heavy atom. The number of hydrogen-bond donors (Lipinski definition) is 0. The summed E-state index contributed by atoms with van der Waals surface area (Å²) >= 11 is 6.84. The molecule has 0 aliphatic heterocycles. The third kappa shape index (κ3) is 5.18. The summed E-state index contributed by atoms with van der Waals surface area (Å²) in [6.45, 7) is 0. The van der Waals surface area contributed by atoms with Gasteiger partial charge in [0.15, 0.2) is 0 Å². The molecule has 0 spiro atoms. The molecule has 7 rings (SSSR count). The Morgan fingerprint density at radius 1 is 0.558 bits per heavy atom. The van der Waals surface area contributed by atoms with Crippen LogP contribution in [0, 0.1) is 0 Å². The Kier molecular flexibility index (Phi) is 7.39. The van der Waals surface area contributed by atoms with Crippen LogP contribution in [0.3, 0.4) is 0 Å². The molecule has 4 aromatic heterocycles. The number of hydrogen-bond acceptors (Lipinski definition) is 8. The van der Waals surface area contributed by atoms with Crippen molar-refractivity contribution in [3.63, 3.8) is 0 Å². The topological polar surface area (TPSA) is 80.3 Å². The van der Waals surface area contributed by atoms with Gasteiger partial charge in [-0.3, -0.25) is 0 Å². The lowest BCUT2D eigenvalue weighted by atomic mass is 9.70. The minimum atomic E-state index is -1.15. The quantitative estimate of drug-likeness (QED) is 0.153. The highest BCUT2D eigenvalue weighted by molar-refractivity contribution is 7.23. The number of fused-ring (bicyclic) bond motifs is 3. The summed E-state index contributed by atoms with van der Waals surface area (Å²) in [5.74, 6) is -2.29. The molecule has 4 nitrogen and oxygen atoms in total. The minimum Gasteiger partial charge on any atom is -0.550 e. The van der Waals surface area contributed by atoms with Gasteiger partial charge in [-0.2, -0.15) is 0 Å². The lowest BCUT2D eigenvalue weighted by Crippen LogP contribution is -2.33. The van der Waals surface area contributed by atoms with Gasteiger partial charge in [0.25, 0.3) is 0 Å². The van der Waals surface area contributed by atoms with E-state index in [-0.39, 0.29) is 25.7 Å². The molecular formula is C35H24O4S4-2. The molecule has 0 amide bonds. The zero-order valence-corrected chi connectivity index (χ0v) is 26.1. The molecule has 0 N–H and O–H groups in total. The van der Waals surface area contributed by atoms with Crippen LogP contribution >= 0.6 is 45.3 Å². The molecular weight excluding hydrogens is 613 g/mol. The molecule has 4 heterocycles. The maximum atomic E-state index is 11.8. The van der Waals surface area contributed by atoms with E-state index in [2.05, 4.69) is 83.6 Å². The molecule has 0 bridgehead atoms. The normalized spacial score (nSPS) is 13.1. The Bertz CT molecular complexity index is 1800. The van der Waals surface area contributed by atoms with Gasteiger partial charge in [-0.25, -0.2) is 0 Å². The third-order valence-electron chi connectivity index (χ3n) is 8.18. The van der Waals surface area contributed by atoms with E-state index in [0.717, 1.165) is 43.1 Å². The molecule has 43 heavy (non-hydrogen) atoms. The molecule has 0 saturated heterocycles. The lowest BCUT2D eigenvalue weighted by molar-refractivity contribution is -0.306. The highest BCUT2D eigenvalue weighted by Crippen LogP contribution is 2.56. The number of carboxylic acid groups (broad SMARTS) is 2. The monoisotopic (exact) mass is 636 g/mol. The molecule has 8 heteroatoms. The van der Waals surface area contributed by atoms with E-state index in [1.165, 1.54) is 19.5 Å². The number of benzene rings is 2. The van der Waals surface area contributed by atoms with Crippen molar-refractivity contribution in [2.24, 2.45) is 0 Å². The molecule has 1 aliphatic rings. The standard InChI is InChI=1S/C35H26O4S4/c36-33(37)13-15-35(16-14-34(38)39)25-19-21(27-9-11-31(42-27)29-3-1-17-40-29)5-7-23(25)24-8-6-22(20-26(24)35)28-10-12-32(43-28)30-4-2-18-41-30/h1-12,17-20H,13-16H2,(H,36,37)(H,38,39)/p-2. The van der Waals surface area contributed by atoms with Crippen LogP contribution in [-0.4, -0.2) is 11.9 Å². The summed E-state index contributed by atoms with van der Waals surface area (Å²) in [5, 5.41) is 27.8. The summed E-state index contributed by atoms with van der Waals surface area (Å²) in [5.41, 5.74) is 5.23. The van der Waals surface area contributed by atoms with Crippen LogP contribution in [0.5, 0.6) is 0 Å². The molecule has 1 aliphatic carbocycles. The lowest BCUT2D eigenvalue weighted by Gasteiger charge is -2.33. The first-order valence-electron chi connectivity index (χ1n) is 13.9. The van der Waals surface area contributed by atoms with Gasteiger partial charge >= 0.3 is 0 Å². The Labute approximate surface area is 265 Å². The fourth-order valence-electron chi connectivity index (χ4n) is 6.18. The molecule has 214 valence electrons. The zero-order valence-electron chi connectivity index (χ0n) is 22.8. The van der Waals surface area contributed by atoms with Crippen molar-refractivity contribution in [3.05, 3.63) is 107 Å². The molecule has 0 fully saturated rings. The number of thiophene rings is 4. The maximum absolute atomic E-state index is 11.8. The van der Waals surface area contributed by atoms with Gasteiger partial charge in [-0.05, 0) is 118 Å². The molecule has 2 aromatic carbocycles. The second kappa shape index (κ2) is 11.4. The van der Waals surface area contributed by atoms with E-state index in [9.17, 15) is 19.8 Å². The number of carbonyl (C=O) groups is 2. The SMILES string of the molecule is O=C([O-])CCC1(CCC(=O)[O-])c2cc(-c3ccc(-c4cccs4)s3)ccc2-c2ccc(-c3ccc(-c4cccs4)s3)cc21. The summed E-state index contributed by atoms with van der Waals surface area (Å²) < 4.78 is 0. The number of carboxylic acids is 2. The predicted molar refractivity (Wildman–Crippen MR) is 174 cm³/mol. The van der Waals surface area contributed by atoms with E-state index in [0.29, 0.717) is 0 Å². The van der Waals surface area contributed by atoms with Gasteiger partial charge in [-0.1, -0.05) is 36.4 Å². The van der Waals surface area contributed by atoms with Crippen LogP contribution in [0.1, 0.15) is 36.8 Å². The van der Waals surface area contributed by atoms with E-state index >= 15 is 0 Å². The second-order valence-corrected chi connectivity index (χ2v) is 14.7. The van der Waals surface area contributed by atoms with E-state index < -0.39 is 17.4 Å². The predicted octanol–water partition coefficient (Wildman–Crippen LogP) is 7.93. The van der Waals surface area contributed by atoms with Crippen molar-refractivity contribution in [2.75, 3.05) is 0 Å². The highest BCUT2D eigenvalue weighted by Gasteiger charge is 2.43. The van der Waals surface area contributed by atoms with Gasteiger partial charge in [-0.15, -0.1) is 45.3 Å². The van der Waals surface area contributed by atoms with Crippen LogP contribution in [0.2, 0.25) is 0 Å². The van der Waals surface area contributed by atoms with Crippen LogP contribution in [0.4, 0.5) is 0 Å². The van der Waals surface area contributed by atoms with Gasteiger partial charge < -0.3 is 19.8 Å². The first-order valence-corrected chi connectivity index (χ1v) is 17.3. The zero-order chi connectivity index (χ0) is 29.6. The average molecular weight is 637 g/mol. The van der Waals surface area contributed by atoms with Crippen LogP contribution in [-0.2, 0) is 15.0 Å². The van der Waals surface area contributed by atoms with Crippen molar-refractivity contribution in [2.45, 2.75) is 31.1 Å². The second-order valence-electron chi connectivity index (χ2n) is 10.6. The van der Waals surface area contributed by atoms with Crippen molar-refractivity contribution < 1.29 is 19.8 Å². The Morgan fingerprint density at radius 2 is 1.00 bits per heavy atom. The van der Waals surface area contributed by atoms with Crippen LogP contribution in [0.25, 0.3) is 51.5 Å². The van der Waals surface area contributed by atoms with Gasteiger partial charge in [0.1, 0.15) is 0 Å². The van der Waals surface area contributed by atoms with Gasteiger partial charge in [0, 0.05) is 46.6 Å². The minimum absolute atomic E-state index is 0.177. The van der Waals surface area contributed by atoms with Crippen molar-refractivity contribution in [3.8, 4) is 51.5 Å².